The van der Waals surface area contributed by atoms with Crippen molar-refractivity contribution in [2.75, 3.05) is 13.7 Å². The van der Waals surface area contributed by atoms with Gasteiger partial charge in [0.05, 0.1) is 17.9 Å². The van der Waals surface area contributed by atoms with E-state index in [1.807, 2.05) is 11.5 Å². The van der Waals surface area contributed by atoms with Crippen LogP contribution in [0.5, 0.6) is 0 Å². The Morgan fingerprint density at radius 2 is 1.81 bits per heavy atom. The standard InChI is InChI=1S/C21H19N3O3/c1-13-17(11-14-12-22-7-8-23-14)18-19(24(13)9-10-27-2)21(26)16-6-4-3-5-15(16)20(18)25/h3-8,12H,9-11H2,1-2H3. The Balaban J connectivity index is 1.92. The normalized spacial score (nSPS) is 12.8. The predicted octanol–water partition coefficient (Wildman–Crippen LogP) is 2.60. The van der Waals surface area contributed by atoms with E-state index >= 15 is 0 Å². The number of fused-ring (bicyclic) bond motifs is 2. The molecule has 6 heteroatoms. The topological polar surface area (TPSA) is 74.1 Å². The number of ketones is 2. The van der Waals surface area contributed by atoms with Gasteiger partial charge in [0.2, 0.25) is 5.78 Å². The van der Waals surface area contributed by atoms with Crippen molar-refractivity contribution < 1.29 is 14.3 Å². The summed E-state index contributed by atoms with van der Waals surface area (Å²) in [7, 11) is 1.62. The number of ether oxygens (including phenoxy) is 1. The molecule has 136 valence electrons. The third-order valence-electron chi connectivity index (χ3n) is 5.00. The summed E-state index contributed by atoms with van der Waals surface area (Å²) in [5.74, 6) is -0.233. The number of carbonyl (C=O) groups is 2. The lowest BCUT2D eigenvalue weighted by Gasteiger charge is -2.17. The Kier molecular flexibility index (Phi) is 4.41. The van der Waals surface area contributed by atoms with Gasteiger partial charge in [0.1, 0.15) is 5.69 Å². The molecule has 0 radical (unpaired) electrons. The molecule has 0 bridgehead atoms. The minimum absolute atomic E-state index is 0.113. The van der Waals surface area contributed by atoms with Crippen molar-refractivity contribution in [2.45, 2.75) is 19.9 Å². The van der Waals surface area contributed by atoms with Crippen molar-refractivity contribution >= 4 is 11.6 Å². The Hall–Kier alpha value is -3.12. The van der Waals surface area contributed by atoms with E-state index < -0.39 is 0 Å². The molecule has 4 rings (SSSR count). The highest BCUT2D eigenvalue weighted by Crippen LogP contribution is 2.34. The van der Waals surface area contributed by atoms with Crippen molar-refractivity contribution in [2.24, 2.45) is 0 Å². The summed E-state index contributed by atoms with van der Waals surface area (Å²) in [5.41, 5.74) is 4.32. The van der Waals surface area contributed by atoms with E-state index in [2.05, 4.69) is 9.97 Å². The third-order valence-corrected chi connectivity index (χ3v) is 5.00. The third kappa shape index (κ3) is 2.78. The zero-order valence-corrected chi connectivity index (χ0v) is 15.2. The first-order chi connectivity index (χ1) is 13.1. The Morgan fingerprint density at radius 3 is 2.48 bits per heavy atom. The molecule has 0 saturated heterocycles. The van der Waals surface area contributed by atoms with Gasteiger partial charge >= 0.3 is 0 Å². The van der Waals surface area contributed by atoms with Gasteiger partial charge in [0.15, 0.2) is 5.78 Å². The van der Waals surface area contributed by atoms with Gasteiger partial charge in [-0.3, -0.25) is 19.6 Å². The van der Waals surface area contributed by atoms with Crippen molar-refractivity contribution in [3.05, 3.63) is 82.2 Å². The minimum Gasteiger partial charge on any atom is -0.383 e. The fourth-order valence-electron chi connectivity index (χ4n) is 3.69. The molecule has 2 aromatic heterocycles. The maximum Gasteiger partial charge on any atom is 0.210 e. The van der Waals surface area contributed by atoms with Crippen LogP contribution in [-0.4, -0.2) is 39.8 Å². The highest BCUT2D eigenvalue weighted by Gasteiger charge is 2.36. The molecule has 0 amide bonds. The first kappa shape index (κ1) is 17.3. The van der Waals surface area contributed by atoms with Crippen LogP contribution in [0.2, 0.25) is 0 Å². The first-order valence-corrected chi connectivity index (χ1v) is 8.77. The fourth-order valence-corrected chi connectivity index (χ4v) is 3.69. The predicted molar refractivity (Wildman–Crippen MR) is 99.2 cm³/mol. The molecule has 1 aliphatic carbocycles. The van der Waals surface area contributed by atoms with Crippen LogP contribution in [0.25, 0.3) is 0 Å². The van der Waals surface area contributed by atoms with Gasteiger partial charge in [0, 0.05) is 55.5 Å². The molecule has 0 atom stereocenters. The number of carbonyl (C=O) groups excluding carboxylic acids is 2. The summed E-state index contributed by atoms with van der Waals surface area (Å²) in [5, 5.41) is 0. The molecule has 1 aliphatic rings. The Morgan fingerprint density at radius 1 is 1.07 bits per heavy atom. The van der Waals surface area contributed by atoms with Crippen molar-refractivity contribution in [1.29, 1.82) is 0 Å². The lowest BCUT2D eigenvalue weighted by Crippen LogP contribution is -2.24. The molecular formula is C21H19N3O3. The smallest absolute Gasteiger partial charge is 0.210 e. The maximum absolute atomic E-state index is 13.3. The minimum atomic E-state index is -0.121. The van der Waals surface area contributed by atoms with Crippen LogP contribution in [0.4, 0.5) is 0 Å². The van der Waals surface area contributed by atoms with Gasteiger partial charge in [-0.1, -0.05) is 24.3 Å². The van der Waals surface area contributed by atoms with Crippen molar-refractivity contribution in [1.82, 2.24) is 14.5 Å². The molecule has 2 heterocycles. The van der Waals surface area contributed by atoms with E-state index in [-0.39, 0.29) is 11.6 Å². The molecule has 3 aromatic rings. The molecule has 0 N–H and O–H groups in total. The maximum atomic E-state index is 13.3. The number of rotatable bonds is 5. The van der Waals surface area contributed by atoms with Crippen LogP contribution in [-0.2, 0) is 17.7 Å². The largest absolute Gasteiger partial charge is 0.383 e. The number of benzene rings is 1. The number of aromatic nitrogens is 3. The molecule has 0 aliphatic heterocycles. The lowest BCUT2D eigenvalue weighted by atomic mass is 9.85. The van der Waals surface area contributed by atoms with Crippen LogP contribution < -0.4 is 0 Å². The van der Waals surface area contributed by atoms with Crippen LogP contribution >= 0.6 is 0 Å². The van der Waals surface area contributed by atoms with E-state index in [0.717, 1.165) is 17.0 Å². The number of methoxy groups -OCH3 is 1. The lowest BCUT2D eigenvalue weighted by molar-refractivity contribution is 0.0970. The Bertz CT molecular complexity index is 1040. The molecule has 6 nitrogen and oxygen atoms in total. The van der Waals surface area contributed by atoms with E-state index in [1.165, 1.54) is 0 Å². The summed E-state index contributed by atoms with van der Waals surface area (Å²) >= 11 is 0. The number of hydrogen-bond donors (Lipinski definition) is 0. The van der Waals surface area contributed by atoms with Crippen LogP contribution in [0.15, 0.2) is 42.9 Å². The summed E-state index contributed by atoms with van der Waals surface area (Å²) in [6.45, 7) is 2.90. The highest BCUT2D eigenvalue weighted by molar-refractivity contribution is 6.28. The van der Waals surface area contributed by atoms with Gasteiger partial charge in [-0.25, -0.2) is 0 Å². The van der Waals surface area contributed by atoms with E-state index in [1.54, 1.807) is 50.0 Å². The number of hydrogen-bond acceptors (Lipinski definition) is 5. The van der Waals surface area contributed by atoms with Crippen molar-refractivity contribution in [3.8, 4) is 0 Å². The zero-order valence-electron chi connectivity index (χ0n) is 15.2. The van der Waals surface area contributed by atoms with E-state index in [9.17, 15) is 9.59 Å². The average molecular weight is 361 g/mol. The molecule has 0 spiro atoms. The SMILES string of the molecule is COCCn1c(C)c(Cc2cnccn2)c2c1C(=O)c1ccccc1C2=O. The van der Waals surface area contributed by atoms with Gasteiger partial charge in [-0.15, -0.1) is 0 Å². The van der Waals surface area contributed by atoms with Gasteiger partial charge in [0.25, 0.3) is 0 Å². The van der Waals surface area contributed by atoms with Crippen LogP contribution in [0.3, 0.4) is 0 Å². The molecule has 27 heavy (non-hydrogen) atoms. The van der Waals surface area contributed by atoms with Crippen molar-refractivity contribution in [3.63, 3.8) is 0 Å². The number of nitrogens with zero attached hydrogens (tertiary/aromatic N) is 3. The molecule has 0 unspecified atom stereocenters. The van der Waals surface area contributed by atoms with E-state index in [4.69, 9.17) is 4.74 Å². The van der Waals surface area contributed by atoms with Gasteiger partial charge in [-0.05, 0) is 12.5 Å². The molecule has 0 saturated carbocycles. The van der Waals surface area contributed by atoms with Gasteiger partial charge in [-0.2, -0.15) is 0 Å². The van der Waals surface area contributed by atoms with Crippen LogP contribution in [0.1, 0.15) is 48.9 Å². The zero-order chi connectivity index (χ0) is 19.0. The Labute approximate surface area is 156 Å². The highest BCUT2D eigenvalue weighted by atomic mass is 16.5. The first-order valence-electron chi connectivity index (χ1n) is 8.77. The molecular weight excluding hydrogens is 342 g/mol. The second kappa shape index (κ2) is 6.89. The quantitative estimate of drug-likeness (QED) is 0.546. The summed E-state index contributed by atoms with van der Waals surface area (Å²) in [4.78, 5) is 34.9. The van der Waals surface area contributed by atoms with E-state index in [0.29, 0.717) is 42.0 Å². The van der Waals surface area contributed by atoms with Crippen LogP contribution in [0, 0.1) is 6.92 Å². The fraction of sp³-hybridized carbons (Fsp3) is 0.238. The average Bonchev–Trinajstić information content (AvgIpc) is 2.97. The molecule has 1 aromatic carbocycles. The summed E-state index contributed by atoms with van der Waals surface area (Å²) < 4.78 is 7.11. The summed E-state index contributed by atoms with van der Waals surface area (Å²) in [6, 6.07) is 6.99. The molecule has 0 fully saturated rings. The van der Waals surface area contributed by atoms with Gasteiger partial charge < -0.3 is 9.30 Å². The summed E-state index contributed by atoms with van der Waals surface area (Å²) in [6.07, 6.45) is 5.37. The second-order valence-corrected chi connectivity index (χ2v) is 6.51. The monoisotopic (exact) mass is 361 g/mol. The second-order valence-electron chi connectivity index (χ2n) is 6.51.